The summed E-state index contributed by atoms with van der Waals surface area (Å²) in [5.74, 6) is -0.0448. The maximum atomic E-state index is 12.9. The van der Waals surface area contributed by atoms with Crippen molar-refractivity contribution in [3.8, 4) is 0 Å². The number of rotatable bonds is 5. The zero-order valence-corrected chi connectivity index (χ0v) is 19.4. The fraction of sp³-hybridized carbons (Fsp3) is 0.200. The molecule has 31 heavy (non-hydrogen) atoms. The zero-order chi connectivity index (χ0) is 21.6. The third-order valence-electron chi connectivity index (χ3n) is 5.36. The fourth-order valence-electron chi connectivity index (χ4n) is 3.63. The predicted octanol–water partition coefficient (Wildman–Crippen LogP) is 6.09. The van der Waals surface area contributed by atoms with Gasteiger partial charge in [-0.3, -0.25) is 9.59 Å². The van der Waals surface area contributed by atoms with Crippen LogP contribution in [0.5, 0.6) is 0 Å². The van der Waals surface area contributed by atoms with Gasteiger partial charge in [0.2, 0.25) is 5.91 Å². The number of carbonyl (C=O) groups excluding carboxylic acids is 2. The van der Waals surface area contributed by atoms with Gasteiger partial charge in [0, 0.05) is 38.8 Å². The lowest BCUT2D eigenvalue weighted by Crippen LogP contribution is -2.41. The Labute approximate surface area is 195 Å². The maximum absolute atomic E-state index is 12.9. The number of nitrogens with zero attached hydrogens (tertiary/aromatic N) is 1. The number of hydrogen-bond donors (Lipinski definition) is 1. The van der Waals surface area contributed by atoms with Crippen molar-refractivity contribution in [2.45, 2.75) is 22.6 Å². The van der Waals surface area contributed by atoms with Crippen LogP contribution in [0.1, 0.15) is 23.2 Å². The van der Waals surface area contributed by atoms with Gasteiger partial charge in [-0.25, -0.2) is 0 Å². The third kappa shape index (κ3) is 5.57. The van der Waals surface area contributed by atoms with E-state index in [2.05, 4.69) is 33.4 Å². The first-order valence-corrected chi connectivity index (χ1v) is 11.9. The normalized spacial score (nSPS) is 14.3. The first-order valence-electron chi connectivity index (χ1n) is 10.3. The molecule has 4 nitrogen and oxygen atoms in total. The number of anilines is 1. The van der Waals surface area contributed by atoms with E-state index in [9.17, 15) is 9.59 Å². The minimum atomic E-state index is -0.0938. The van der Waals surface area contributed by atoms with Crippen molar-refractivity contribution in [3.05, 3.63) is 88.9 Å². The molecule has 4 rings (SSSR count). The summed E-state index contributed by atoms with van der Waals surface area (Å²) in [6.45, 7) is 1.18. The Hall–Kier alpha value is -2.57. The van der Waals surface area contributed by atoms with Gasteiger partial charge in [-0.05, 0) is 61.4 Å². The number of piperidine rings is 1. The average molecular weight is 495 g/mol. The van der Waals surface area contributed by atoms with E-state index in [0.29, 0.717) is 31.5 Å². The highest BCUT2D eigenvalue weighted by atomic mass is 79.9. The minimum Gasteiger partial charge on any atom is -0.339 e. The molecule has 1 heterocycles. The molecule has 3 aromatic carbocycles. The van der Waals surface area contributed by atoms with Gasteiger partial charge in [0.15, 0.2) is 0 Å². The van der Waals surface area contributed by atoms with Gasteiger partial charge >= 0.3 is 0 Å². The van der Waals surface area contributed by atoms with Crippen LogP contribution in [0.15, 0.2) is 93.1 Å². The molecule has 0 atom stereocenters. The molecule has 1 fully saturated rings. The van der Waals surface area contributed by atoms with Crippen molar-refractivity contribution in [2.75, 3.05) is 18.4 Å². The van der Waals surface area contributed by atoms with E-state index < -0.39 is 0 Å². The minimum absolute atomic E-state index is 0.0240. The number of benzene rings is 3. The summed E-state index contributed by atoms with van der Waals surface area (Å²) < 4.78 is 0.949. The van der Waals surface area contributed by atoms with Crippen molar-refractivity contribution >= 4 is 45.2 Å². The number of likely N-dealkylation sites (tertiary alicyclic amines) is 1. The van der Waals surface area contributed by atoms with E-state index in [1.807, 2.05) is 71.6 Å². The number of carbonyl (C=O) groups is 2. The van der Waals surface area contributed by atoms with Gasteiger partial charge in [-0.1, -0.05) is 58.0 Å². The van der Waals surface area contributed by atoms with Gasteiger partial charge in [0.05, 0.1) is 5.69 Å². The molecule has 0 unspecified atom stereocenters. The average Bonchev–Trinajstić information content (AvgIpc) is 2.81. The molecule has 3 aromatic rings. The van der Waals surface area contributed by atoms with Crippen LogP contribution in [-0.2, 0) is 4.79 Å². The zero-order valence-electron chi connectivity index (χ0n) is 17.0. The Kier molecular flexibility index (Phi) is 7.10. The lowest BCUT2D eigenvalue weighted by atomic mass is 9.95. The molecule has 0 aliphatic carbocycles. The van der Waals surface area contributed by atoms with Crippen LogP contribution in [0.3, 0.4) is 0 Å². The predicted molar refractivity (Wildman–Crippen MR) is 128 cm³/mol. The Bertz CT molecular complexity index is 1050. The first kappa shape index (κ1) is 21.7. The van der Waals surface area contributed by atoms with Crippen LogP contribution >= 0.6 is 27.7 Å². The number of nitrogens with one attached hydrogen (secondary N) is 1. The molecule has 1 N–H and O–H groups in total. The standard InChI is InChI=1S/C25H23BrN2O2S/c26-20-12-10-19(11-13-20)25(30)28-16-14-18(15-17-28)24(29)27-22-8-4-5-9-23(22)31-21-6-2-1-3-7-21/h1-13,18H,14-17H2,(H,27,29). The molecule has 1 saturated heterocycles. The summed E-state index contributed by atoms with van der Waals surface area (Å²) in [5.41, 5.74) is 1.51. The molecule has 6 heteroatoms. The summed E-state index contributed by atoms with van der Waals surface area (Å²) in [5, 5.41) is 3.11. The molecule has 0 spiro atoms. The van der Waals surface area contributed by atoms with Crippen LogP contribution < -0.4 is 5.32 Å². The molecule has 1 aliphatic rings. The second-order valence-corrected chi connectivity index (χ2v) is 9.50. The fourth-order valence-corrected chi connectivity index (χ4v) is 4.82. The second-order valence-electron chi connectivity index (χ2n) is 7.47. The van der Waals surface area contributed by atoms with Crippen molar-refractivity contribution < 1.29 is 9.59 Å². The molecule has 158 valence electrons. The maximum Gasteiger partial charge on any atom is 0.253 e. The second kappa shape index (κ2) is 10.2. The highest BCUT2D eigenvalue weighted by molar-refractivity contribution is 9.10. The van der Waals surface area contributed by atoms with Crippen LogP contribution in [0.25, 0.3) is 0 Å². The topological polar surface area (TPSA) is 49.4 Å². The van der Waals surface area contributed by atoms with Gasteiger partial charge in [-0.2, -0.15) is 0 Å². The van der Waals surface area contributed by atoms with Crippen LogP contribution in [0, 0.1) is 5.92 Å². The molecule has 0 bridgehead atoms. The monoisotopic (exact) mass is 494 g/mol. The van der Waals surface area contributed by atoms with E-state index in [1.54, 1.807) is 11.8 Å². The number of halogens is 1. The summed E-state index contributed by atoms with van der Waals surface area (Å²) in [6.07, 6.45) is 1.34. The molecule has 0 aromatic heterocycles. The first-order chi connectivity index (χ1) is 15.1. The largest absolute Gasteiger partial charge is 0.339 e. The van der Waals surface area contributed by atoms with Gasteiger partial charge < -0.3 is 10.2 Å². The van der Waals surface area contributed by atoms with E-state index >= 15 is 0 Å². The van der Waals surface area contributed by atoms with Crippen molar-refractivity contribution in [3.63, 3.8) is 0 Å². The lowest BCUT2D eigenvalue weighted by molar-refractivity contribution is -0.121. The van der Waals surface area contributed by atoms with E-state index in [1.165, 1.54) is 0 Å². The van der Waals surface area contributed by atoms with Gasteiger partial charge in [-0.15, -0.1) is 0 Å². The van der Waals surface area contributed by atoms with Crippen molar-refractivity contribution in [1.29, 1.82) is 0 Å². The smallest absolute Gasteiger partial charge is 0.253 e. The van der Waals surface area contributed by atoms with Crippen molar-refractivity contribution in [1.82, 2.24) is 4.90 Å². The lowest BCUT2D eigenvalue weighted by Gasteiger charge is -2.31. The molecular weight excluding hydrogens is 472 g/mol. The van der Waals surface area contributed by atoms with Gasteiger partial charge in [0.25, 0.3) is 5.91 Å². The Morgan fingerprint density at radius 3 is 2.23 bits per heavy atom. The summed E-state index contributed by atoms with van der Waals surface area (Å²) in [6, 6.07) is 25.4. The third-order valence-corrected chi connectivity index (χ3v) is 6.97. The Morgan fingerprint density at radius 2 is 1.52 bits per heavy atom. The summed E-state index contributed by atoms with van der Waals surface area (Å²) >= 11 is 5.03. The highest BCUT2D eigenvalue weighted by Gasteiger charge is 2.28. The quantitative estimate of drug-likeness (QED) is 0.466. The number of para-hydroxylation sites is 1. The number of amides is 2. The Balaban J connectivity index is 1.35. The summed E-state index contributed by atoms with van der Waals surface area (Å²) in [4.78, 5) is 29.6. The van der Waals surface area contributed by atoms with Crippen molar-refractivity contribution in [2.24, 2.45) is 5.92 Å². The molecule has 0 saturated carbocycles. The highest BCUT2D eigenvalue weighted by Crippen LogP contribution is 2.33. The van der Waals surface area contributed by atoms with Crippen LogP contribution in [0.4, 0.5) is 5.69 Å². The summed E-state index contributed by atoms with van der Waals surface area (Å²) in [7, 11) is 0. The Morgan fingerprint density at radius 1 is 0.871 bits per heavy atom. The number of hydrogen-bond acceptors (Lipinski definition) is 3. The van der Waals surface area contributed by atoms with Gasteiger partial charge in [0.1, 0.15) is 0 Å². The van der Waals surface area contributed by atoms with Crippen LogP contribution in [0.2, 0.25) is 0 Å². The van der Waals surface area contributed by atoms with E-state index in [-0.39, 0.29) is 17.7 Å². The molecule has 0 radical (unpaired) electrons. The SMILES string of the molecule is O=C(Nc1ccccc1Sc1ccccc1)C1CCN(C(=O)c2ccc(Br)cc2)CC1. The van der Waals surface area contributed by atoms with E-state index in [4.69, 9.17) is 0 Å². The van der Waals surface area contributed by atoms with Crippen LogP contribution in [-0.4, -0.2) is 29.8 Å². The molecule has 2 amide bonds. The molecular formula is C25H23BrN2O2S. The van der Waals surface area contributed by atoms with E-state index in [0.717, 1.165) is 20.0 Å². The molecule has 1 aliphatic heterocycles.